The number of carbonyl (C=O) groups excluding carboxylic acids is 2. The van der Waals surface area contributed by atoms with Gasteiger partial charge in [0.2, 0.25) is 0 Å². The van der Waals surface area contributed by atoms with Gasteiger partial charge in [0.25, 0.3) is 11.6 Å². The summed E-state index contributed by atoms with van der Waals surface area (Å²) < 4.78 is 4.98. The molecule has 2 rings (SSSR count). The van der Waals surface area contributed by atoms with E-state index in [-0.39, 0.29) is 16.3 Å². The number of rotatable bonds is 5. The van der Waals surface area contributed by atoms with Gasteiger partial charge in [-0.2, -0.15) is 5.26 Å². The maximum Gasteiger partial charge on any atom is 0.340 e. The summed E-state index contributed by atoms with van der Waals surface area (Å²) in [5.74, 6) is -1.35. The van der Waals surface area contributed by atoms with Crippen molar-refractivity contribution in [1.82, 2.24) is 4.90 Å². The van der Waals surface area contributed by atoms with Crippen molar-refractivity contribution in [2.24, 2.45) is 0 Å². The number of nitrogens with zero attached hydrogens (tertiary/aromatic N) is 3. The highest BCUT2D eigenvalue weighted by Crippen LogP contribution is 2.32. The van der Waals surface area contributed by atoms with E-state index in [4.69, 9.17) is 16.3 Å². The van der Waals surface area contributed by atoms with Gasteiger partial charge in [-0.15, -0.1) is 0 Å². The molecule has 1 aromatic carbocycles. The van der Waals surface area contributed by atoms with Gasteiger partial charge in [-0.3, -0.25) is 14.9 Å². The Hall–Kier alpha value is -2.66. The van der Waals surface area contributed by atoms with E-state index in [1.807, 2.05) is 0 Å². The summed E-state index contributed by atoms with van der Waals surface area (Å²) in [6.07, 6.45) is 3.94. The largest absolute Gasteiger partial charge is 0.452 e. The third-order valence-corrected chi connectivity index (χ3v) is 4.93. The molecule has 1 aliphatic rings. The van der Waals surface area contributed by atoms with Crippen molar-refractivity contribution in [3.63, 3.8) is 0 Å². The van der Waals surface area contributed by atoms with E-state index in [1.54, 1.807) is 0 Å². The predicted molar refractivity (Wildman–Crippen MR) is 92.6 cm³/mol. The molecular formula is C17H18ClN3O5. The summed E-state index contributed by atoms with van der Waals surface area (Å²) in [5.41, 5.74) is -1.19. The summed E-state index contributed by atoms with van der Waals surface area (Å²) in [5, 5.41) is 20.1. The molecule has 0 radical (unpaired) electrons. The van der Waals surface area contributed by atoms with E-state index in [0.29, 0.717) is 12.8 Å². The van der Waals surface area contributed by atoms with Crippen LogP contribution in [0.3, 0.4) is 0 Å². The molecule has 1 saturated carbocycles. The number of hydrogen-bond donors (Lipinski definition) is 0. The molecule has 0 N–H and O–H groups in total. The summed E-state index contributed by atoms with van der Waals surface area (Å²) >= 11 is 5.87. The maximum atomic E-state index is 12.3. The normalized spacial score (nSPS) is 15.6. The Bertz CT molecular complexity index is 768. The van der Waals surface area contributed by atoms with Crippen molar-refractivity contribution < 1.29 is 19.2 Å². The summed E-state index contributed by atoms with van der Waals surface area (Å²) in [6.45, 7) is -0.536. The van der Waals surface area contributed by atoms with Gasteiger partial charge in [-0.25, -0.2) is 4.79 Å². The number of halogens is 1. The number of carbonyl (C=O) groups is 2. The number of benzene rings is 1. The van der Waals surface area contributed by atoms with Gasteiger partial charge >= 0.3 is 5.97 Å². The van der Waals surface area contributed by atoms with Crippen LogP contribution in [0.1, 0.15) is 42.5 Å². The van der Waals surface area contributed by atoms with Crippen LogP contribution in [0.25, 0.3) is 0 Å². The Morgan fingerprint density at radius 1 is 1.38 bits per heavy atom. The first-order valence-corrected chi connectivity index (χ1v) is 8.47. The molecule has 1 aromatic rings. The van der Waals surface area contributed by atoms with Crippen molar-refractivity contribution in [1.29, 1.82) is 5.26 Å². The Kier molecular flexibility index (Phi) is 6.16. The number of nitro benzene ring substituents is 1. The molecule has 0 aliphatic heterocycles. The van der Waals surface area contributed by atoms with Gasteiger partial charge in [0.15, 0.2) is 6.61 Å². The number of ether oxygens (including phenoxy) is 1. The Morgan fingerprint density at radius 2 is 2.04 bits per heavy atom. The molecule has 9 heteroatoms. The number of likely N-dealkylation sites (N-methyl/N-ethyl adjacent to an activating group) is 1. The zero-order valence-electron chi connectivity index (χ0n) is 14.2. The number of esters is 1. The molecule has 0 saturated heterocycles. The Morgan fingerprint density at radius 3 is 2.58 bits per heavy atom. The number of nitro groups is 1. The standard InChI is InChI=1S/C17H18ClN3O5/c1-20(17(11-19)7-3-2-4-8-17)15(22)10-26-16(23)13-6-5-12(21(24)25)9-14(13)18/h5-6,9H,2-4,7-8,10H2,1H3. The molecular weight excluding hydrogens is 362 g/mol. The van der Waals surface area contributed by atoms with Crippen molar-refractivity contribution in [3.05, 3.63) is 38.9 Å². The lowest BCUT2D eigenvalue weighted by atomic mass is 9.81. The van der Waals surface area contributed by atoms with E-state index >= 15 is 0 Å². The molecule has 26 heavy (non-hydrogen) atoms. The van der Waals surface area contributed by atoms with Crippen LogP contribution in [0.2, 0.25) is 5.02 Å². The van der Waals surface area contributed by atoms with Gasteiger partial charge in [0.1, 0.15) is 5.54 Å². The average molecular weight is 380 g/mol. The third kappa shape index (κ3) is 4.11. The second kappa shape index (κ2) is 8.15. The Labute approximate surface area is 155 Å². The van der Waals surface area contributed by atoms with Crippen LogP contribution < -0.4 is 0 Å². The molecule has 0 heterocycles. The maximum absolute atomic E-state index is 12.3. The molecule has 1 fully saturated rings. The van der Waals surface area contributed by atoms with Crippen molar-refractivity contribution >= 4 is 29.2 Å². The lowest BCUT2D eigenvalue weighted by molar-refractivity contribution is -0.384. The fourth-order valence-electron chi connectivity index (χ4n) is 2.98. The molecule has 0 spiro atoms. The zero-order valence-corrected chi connectivity index (χ0v) is 15.0. The predicted octanol–water partition coefficient (Wildman–Crippen LogP) is 3.09. The minimum absolute atomic E-state index is 0.0691. The van der Waals surface area contributed by atoms with Crippen LogP contribution in [-0.4, -0.2) is 40.9 Å². The second-order valence-corrected chi connectivity index (χ2v) is 6.56. The van der Waals surface area contributed by atoms with Crippen molar-refractivity contribution in [3.8, 4) is 6.07 Å². The highest BCUT2D eigenvalue weighted by molar-refractivity contribution is 6.33. The molecule has 1 aliphatic carbocycles. The minimum Gasteiger partial charge on any atom is -0.452 e. The first kappa shape index (κ1) is 19.7. The topological polar surface area (TPSA) is 114 Å². The zero-order chi connectivity index (χ0) is 19.3. The van der Waals surface area contributed by atoms with Crippen LogP contribution >= 0.6 is 11.6 Å². The summed E-state index contributed by atoms with van der Waals surface area (Å²) in [7, 11) is 1.53. The first-order chi connectivity index (χ1) is 12.3. The van der Waals surface area contributed by atoms with Gasteiger partial charge in [-0.05, 0) is 18.9 Å². The third-order valence-electron chi connectivity index (χ3n) is 4.62. The van der Waals surface area contributed by atoms with Crippen LogP contribution in [0, 0.1) is 21.4 Å². The molecule has 1 amide bonds. The van der Waals surface area contributed by atoms with Crippen molar-refractivity contribution in [2.75, 3.05) is 13.7 Å². The van der Waals surface area contributed by atoms with Crippen molar-refractivity contribution in [2.45, 2.75) is 37.6 Å². The number of amides is 1. The molecule has 0 atom stereocenters. The number of non-ortho nitro benzene ring substituents is 1. The molecule has 0 bridgehead atoms. The second-order valence-electron chi connectivity index (χ2n) is 6.15. The quantitative estimate of drug-likeness (QED) is 0.441. The lowest BCUT2D eigenvalue weighted by Gasteiger charge is -2.38. The fraction of sp³-hybridized carbons (Fsp3) is 0.471. The monoisotopic (exact) mass is 379 g/mol. The van der Waals surface area contributed by atoms with Crippen LogP contribution in [-0.2, 0) is 9.53 Å². The van der Waals surface area contributed by atoms with Gasteiger partial charge in [0, 0.05) is 19.2 Å². The first-order valence-electron chi connectivity index (χ1n) is 8.10. The molecule has 0 unspecified atom stereocenters. The number of hydrogen-bond acceptors (Lipinski definition) is 6. The van der Waals surface area contributed by atoms with E-state index in [1.165, 1.54) is 18.0 Å². The van der Waals surface area contributed by atoms with Gasteiger partial charge in [-0.1, -0.05) is 30.9 Å². The van der Waals surface area contributed by atoms with Crippen LogP contribution in [0.15, 0.2) is 18.2 Å². The Balaban J connectivity index is 2.01. The van der Waals surface area contributed by atoms with Gasteiger partial charge in [0.05, 0.1) is 21.6 Å². The van der Waals surface area contributed by atoms with Gasteiger partial charge < -0.3 is 9.64 Å². The lowest BCUT2D eigenvalue weighted by Crippen LogP contribution is -2.51. The number of nitriles is 1. The smallest absolute Gasteiger partial charge is 0.340 e. The van der Waals surface area contributed by atoms with E-state index in [2.05, 4.69) is 6.07 Å². The fourth-order valence-corrected chi connectivity index (χ4v) is 3.23. The molecule has 8 nitrogen and oxygen atoms in total. The molecule has 0 aromatic heterocycles. The highest BCUT2D eigenvalue weighted by atomic mass is 35.5. The molecule has 138 valence electrons. The average Bonchev–Trinajstić information content (AvgIpc) is 2.65. The highest BCUT2D eigenvalue weighted by Gasteiger charge is 2.39. The summed E-state index contributed by atoms with van der Waals surface area (Å²) in [6, 6.07) is 5.57. The summed E-state index contributed by atoms with van der Waals surface area (Å²) in [4.78, 5) is 35.8. The minimum atomic E-state index is -0.868. The SMILES string of the molecule is CN(C(=O)COC(=O)c1ccc([N+](=O)[O-])cc1Cl)C1(C#N)CCCCC1. The van der Waals surface area contributed by atoms with E-state index in [0.717, 1.165) is 31.4 Å². The van der Waals surface area contributed by atoms with Crippen LogP contribution in [0.5, 0.6) is 0 Å². The van der Waals surface area contributed by atoms with E-state index < -0.39 is 28.9 Å². The van der Waals surface area contributed by atoms with E-state index in [9.17, 15) is 25.0 Å². The van der Waals surface area contributed by atoms with Crippen LogP contribution in [0.4, 0.5) is 5.69 Å².